The molecule has 3 aromatic heterocycles. The van der Waals surface area contributed by atoms with Crippen LogP contribution in [0.15, 0.2) is 67.4 Å². The Hall–Kier alpha value is -3.60. The van der Waals surface area contributed by atoms with Crippen molar-refractivity contribution in [1.29, 1.82) is 0 Å². The van der Waals surface area contributed by atoms with Crippen LogP contribution in [0, 0.1) is 0 Å². The Morgan fingerprint density at radius 3 is 2.76 bits per heavy atom. The minimum atomic E-state index is 0.875. The molecule has 116 valence electrons. The van der Waals surface area contributed by atoms with E-state index in [0.29, 0.717) is 0 Å². The number of aromatic nitrogens is 5. The quantitative estimate of drug-likeness (QED) is 0.428. The number of nitrogens with zero attached hydrogens (tertiary/aromatic N) is 5. The first kappa shape index (κ1) is 12.8. The van der Waals surface area contributed by atoms with Crippen LogP contribution in [0.2, 0.25) is 0 Å². The predicted molar refractivity (Wildman–Crippen MR) is 97.7 cm³/mol. The zero-order valence-electron chi connectivity index (χ0n) is 13.1. The molecule has 0 unspecified atom stereocenters. The molecular formula is C20H11N5. The lowest BCUT2D eigenvalue weighted by molar-refractivity contribution is 1.11. The summed E-state index contributed by atoms with van der Waals surface area (Å²) in [5.74, 6) is 0. The Morgan fingerprint density at radius 2 is 1.84 bits per heavy atom. The molecule has 0 saturated heterocycles. The maximum atomic E-state index is 4.49. The fourth-order valence-electron chi connectivity index (χ4n) is 3.85. The molecule has 0 amide bonds. The molecule has 5 heteroatoms. The van der Waals surface area contributed by atoms with Crippen LogP contribution in [0.3, 0.4) is 0 Å². The molecule has 0 aliphatic heterocycles. The van der Waals surface area contributed by atoms with E-state index in [2.05, 4.69) is 67.0 Å². The van der Waals surface area contributed by atoms with E-state index < -0.39 is 0 Å². The Labute approximate surface area is 141 Å². The SMILES string of the molecule is c1cc2ccc3c(-c4cnccn4)ccc4c3c2c(c1)c1nncn41. The van der Waals surface area contributed by atoms with Gasteiger partial charge in [0.25, 0.3) is 0 Å². The van der Waals surface area contributed by atoms with E-state index >= 15 is 0 Å². The third kappa shape index (κ3) is 1.57. The van der Waals surface area contributed by atoms with Crippen LogP contribution in [0.5, 0.6) is 0 Å². The highest BCUT2D eigenvalue weighted by Crippen LogP contribution is 2.39. The molecular weight excluding hydrogens is 310 g/mol. The van der Waals surface area contributed by atoms with Crippen molar-refractivity contribution in [2.24, 2.45) is 0 Å². The topological polar surface area (TPSA) is 56.0 Å². The van der Waals surface area contributed by atoms with Gasteiger partial charge in [0, 0.05) is 34.1 Å². The van der Waals surface area contributed by atoms with Crippen molar-refractivity contribution < 1.29 is 0 Å². The Kier molecular flexibility index (Phi) is 2.29. The fourth-order valence-corrected chi connectivity index (χ4v) is 3.85. The monoisotopic (exact) mass is 321 g/mol. The second-order valence-electron chi connectivity index (χ2n) is 6.14. The summed E-state index contributed by atoms with van der Waals surface area (Å²) in [5, 5.41) is 14.4. The Morgan fingerprint density at radius 1 is 0.840 bits per heavy atom. The van der Waals surface area contributed by atoms with E-state index in [4.69, 9.17) is 0 Å². The average Bonchev–Trinajstić information content (AvgIpc) is 3.17. The van der Waals surface area contributed by atoms with Gasteiger partial charge in [-0.3, -0.25) is 14.4 Å². The van der Waals surface area contributed by atoms with Crippen molar-refractivity contribution in [3.63, 3.8) is 0 Å². The van der Waals surface area contributed by atoms with Crippen LogP contribution >= 0.6 is 0 Å². The average molecular weight is 321 g/mol. The van der Waals surface area contributed by atoms with Gasteiger partial charge in [0.2, 0.25) is 0 Å². The molecule has 6 aromatic rings. The van der Waals surface area contributed by atoms with Crippen molar-refractivity contribution in [2.45, 2.75) is 0 Å². The molecule has 25 heavy (non-hydrogen) atoms. The summed E-state index contributed by atoms with van der Waals surface area (Å²) < 4.78 is 2.06. The number of hydrogen-bond acceptors (Lipinski definition) is 4. The van der Waals surface area contributed by atoms with Gasteiger partial charge in [0.05, 0.1) is 17.4 Å². The highest BCUT2D eigenvalue weighted by atomic mass is 15.2. The Bertz CT molecular complexity index is 1390. The number of fused-ring (bicyclic) bond motifs is 3. The first-order chi connectivity index (χ1) is 12.4. The molecule has 0 radical (unpaired) electrons. The molecule has 0 aliphatic rings. The minimum absolute atomic E-state index is 0.875. The molecule has 0 bridgehead atoms. The number of rotatable bonds is 1. The van der Waals surface area contributed by atoms with E-state index in [0.717, 1.165) is 33.2 Å². The maximum Gasteiger partial charge on any atom is 0.169 e. The number of hydrogen-bond donors (Lipinski definition) is 0. The standard InChI is InChI=1S/C20H11N5/c1-2-12-4-5-14-13(16-10-21-8-9-22-16)6-7-17-19(14)18(12)15(3-1)20-24-23-11-25(17)20/h1-11H. The summed E-state index contributed by atoms with van der Waals surface area (Å²) in [6.07, 6.45) is 7.01. The lowest BCUT2D eigenvalue weighted by atomic mass is 9.93. The van der Waals surface area contributed by atoms with Gasteiger partial charge >= 0.3 is 0 Å². The summed E-state index contributed by atoms with van der Waals surface area (Å²) >= 11 is 0. The van der Waals surface area contributed by atoms with Crippen LogP contribution in [0.4, 0.5) is 0 Å². The van der Waals surface area contributed by atoms with E-state index in [-0.39, 0.29) is 0 Å². The second-order valence-corrected chi connectivity index (χ2v) is 6.14. The Balaban J connectivity index is 1.93. The highest BCUT2D eigenvalue weighted by Gasteiger charge is 2.16. The van der Waals surface area contributed by atoms with Crippen LogP contribution in [0.25, 0.3) is 49.4 Å². The molecule has 3 heterocycles. The molecule has 0 spiro atoms. The van der Waals surface area contributed by atoms with Gasteiger partial charge in [-0.25, -0.2) is 0 Å². The van der Waals surface area contributed by atoms with Gasteiger partial charge in [-0.1, -0.05) is 36.4 Å². The smallest absolute Gasteiger partial charge is 0.169 e. The van der Waals surface area contributed by atoms with Crippen molar-refractivity contribution in [1.82, 2.24) is 24.6 Å². The molecule has 0 aliphatic carbocycles. The van der Waals surface area contributed by atoms with Crippen LogP contribution in [-0.2, 0) is 0 Å². The van der Waals surface area contributed by atoms with Crippen LogP contribution < -0.4 is 0 Å². The van der Waals surface area contributed by atoms with E-state index in [1.807, 2.05) is 0 Å². The first-order valence-corrected chi connectivity index (χ1v) is 8.07. The molecule has 3 aromatic carbocycles. The van der Waals surface area contributed by atoms with Crippen LogP contribution in [-0.4, -0.2) is 24.6 Å². The third-order valence-corrected chi connectivity index (χ3v) is 4.89. The summed E-state index contributed by atoms with van der Waals surface area (Å²) in [7, 11) is 0. The van der Waals surface area contributed by atoms with E-state index in [1.165, 1.54) is 16.2 Å². The molecule has 0 saturated carbocycles. The summed E-state index contributed by atoms with van der Waals surface area (Å²) in [5.41, 5.74) is 3.95. The van der Waals surface area contributed by atoms with Crippen molar-refractivity contribution >= 4 is 38.1 Å². The summed E-state index contributed by atoms with van der Waals surface area (Å²) in [6, 6.07) is 14.9. The van der Waals surface area contributed by atoms with Gasteiger partial charge in [-0.05, 0) is 16.8 Å². The minimum Gasteiger partial charge on any atom is -0.281 e. The zero-order valence-corrected chi connectivity index (χ0v) is 13.1. The number of benzene rings is 3. The van der Waals surface area contributed by atoms with E-state index in [9.17, 15) is 0 Å². The molecule has 5 nitrogen and oxygen atoms in total. The van der Waals surface area contributed by atoms with Crippen molar-refractivity contribution in [3.05, 3.63) is 67.4 Å². The van der Waals surface area contributed by atoms with Gasteiger partial charge < -0.3 is 0 Å². The second kappa shape index (κ2) is 4.48. The van der Waals surface area contributed by atoms with Gasteiger partial charge in [-0.2, -0.15) is 0 Å². The lowest BCUT2D eigenvalue weighted by Crippen LogP contribution is -1.95. The third-order valence-electron chi connectivity index (χ3n) is 4.89. The zero-order chi connectivity index (χ0) is 16.4. The molecule has 0 fully saturated rings. The fraction of sp³-hybridized carbons (Fsp3) is 0. The van der Waals surface area contributed by atoms with Gasteiger partial charge in [-0.15, -0.1) is 10.2 Å². The summed E-state index contributed by atoms with van der Waals surface area (Å²) in [6.45, 7) is 0. The van der Waals surface area contributed by atoms with E-state index in [1.54, 1.807) is 24.9 Å². The number of pyridine rings is 1. The molecule has 0 atom stereocenters. The summed E-state index contributed by atoms with van der Waals surface area (Å²) in [4.78, 5) is 8.71. The predicted octanol–water partition coefficient (Wildman–Crippen LogP) is 4.08. The largest absolute Gasteiger partial charge is 0.281 e. The van der Waals surface area contributed by atoms with Crippen molar-refractivity contribution in [3.8, 4) is 11.3 Å². The normalized spacial score (nSPS) is 12.0. The molecule has 0 N–H and O–H groups in total. The first-order valence-electron chi connectivity index (χ1n) is 8.07. The van der Waals surface area contributed by atoms with Crippen molar-refractivity contribution in [2.75, 3.05) is 0 Å². The van der Waals surface area contributed by atoms with Gasteiger partial charge in [0.15, 0.2) is 5.65 Å². The molecule has 6 rings (SSSR count). The maximum absolute atomic E-state index is 4.49. The van der Waals surface area contributed by atoms with Gasteiger partial charge in [0.1, 0.15) is 6.33 Å². The lowest BCUT2D eigenvalue weighted by Gasteiger charge is -2.14. The highest BCUT2D eigenvalue weighted by molar-refractivity contribution is 6.27. The van der Waals surface area contributed by atoms with Crippen LogP contribution in [0.1, 0.15) is 0 Å².